The number of aryl methyl sites for hydroxylation is 1. The van der Waals surface area contributed by atoms with Crippen molar-refractivity contribution in [1.29, 1.82) is 0 Å². The highest BCUT2D eigenvalue weighted by Gasteiger charge is 1.97. The number of aromatic nitrogens is 2. The summed E-state index contributed by atoms with van der Waals surface area (Å²) in [6.45, 7) is 2.00. The third-order valence-electron chi connectivity index (χ3n) is 1.75. The van der Waals surface area contributed by atoms with Crippen LogP contribution in [-0.4, -0.2) is 17.2 Å². The Balaban J connectivity index is 2.96. The fourth-order valence-corrected chi connectivity index (χ4v) is 1.23. The van der Waals surface area contributed by atoms with E-state index in [0.29, 0.717) is 5.59 Å². The zero-order valence-corrected chi connectivity index (χ0v) is 6.28. The van der Waals surface area contributed by atoms with Crippen LogP contribution in [0.1, 0.15) is 5.69 Å². The van der Waals surface area contributed by atoms with Crippen LogP contribution in [0.4, 0.5) is 0 Å². The van der Waals surface area contributed by atoms with Gasteiger partial charge in [0.2, 0.25) is 0 Å². The van der Waals surface area contributed by atoms with E-state index in [9.17, 15) is 0 Å². The van der Waals surface area contributed by atoms with Gasteiger partial charge in [-0.05, 0) is 24.6 Å². The average molecular weight is 142 g/mol. The van der Waals surface area contributed by atoms with Crippen LogP contribution in [0.2, 0.25) is 0 Å². The van der Waals surface area contributed by atoms with Crippen molar-refractivity contribution in [2.24, 2.45) is 0 Å². The number of rotatable bonds is 0. The molecule has 0 saturated heterocycles. The third kappa shape index (κ3) is 0.844. The van der Waals surface area contributed by atoms with Crippen LogP contribution in [0.25, 0.3) is 5.65 Å². The van der Waals surface area contributed by atoms with Gasteiger partial charge in [-0.15, -0.1) is 0 Å². The summed E-state index contributed by atoms with van der Waals surface area (Å²) in [5.41, 5.74) is 2.71. The molecule has 2 nitrogen and oxygen atoms in total. The Hall–Kier alpha value is -1.25. The molecule has 0 bridgehead atoms. The normalized spacial score (nSPS) is 10.6. The standard InChI is InChI=1S/C8H7BN2/c1-6-3-2-4-8-10-5-7(9)11(6)8/h2-5H,1H3. The molecular weight excluding hydrogens is 135 g/mol. The molecule has 2 heterocycles. The van der Waals surface area contributed by atoms with Gasteiger partial charge in [-0.25, -0.2) is 4.98 Å². The molecule has 0 unspecified atom stereocenters. The van der Waals surface area contributed by atoms with E-state index in [1.54, 1.807) is 6.20 Å². The predicted octanol–water partition coefficient (Wildman–Crippen LogP) is 0.437. The molecule has 2 radical (unpaired) electrons. The first-order valence-corrected chi connectivity index (χ1v) is 3.47. The van der Waals surface area contributed by atoms with Crippen molar-refractivity contribution < 1.29 is 0 Å². The van der Waals surface area contributed by atoms with Gasteiger partial charge in [0.15, 0.2) is 0 Å². The zero-order chi connectivity index (χ0) is 7.84. The first-order chi connectivity index (χ1) is 5.29. The summed E-state index contributed by atoms with van der Waals surface area (Å²) in [5, 5.41) is 0. The molecule has 3 heteroatoms. The molecular formula is C8H7BN2. The minimum Gasteiger partial charge on any atom is -0.312 e. The lowest BCUT2D eigenvalue weighted by Gasteiger charge is -1.99. The Labute approximate surface area is 66.3 Å². The molecule has 0 fully saturated rings. The second-order valence-electron chi connectivity index (χ2n) is 2.54. The number of hydrogen-bond acceptors (Lipinski definition) is 1. The van der Waals surface area contributed by atoms with Gasteiger partial charge in [-0.2, -0.15) is 0 Å². The molecule has 0 aliphatic heterocycles. The van der Waals surface area contributed by atoms with Gasteiger partial charge in [-0.1, -0.05) is 6.07 Å². The molecule has 0 amide bonds. The monoisotopic (exact) mass is 142 g/mol. The molecule has 52 valence electrons. The van der Waals surface area contributed by atoms with Crippen LogP contribution in [0, 0.1) is 6.92 Å². The van der Waals surface area contributed by atoms with E-state index < -0.39 is 0 Å². The second-order valence-corrected chi connectivity index (χ2v) is 2.54. The highest BCUT2D eigenvalue weighted by molar-refractivity contribution is 6.31. The summed E-state index contributed by atoms with van der Waals surface area (Å²) in [6, 6.07) is 5.91. The van der Waals surface area contributed by atoms with E-state index in [-0.39, 0.29) is 0 Å². The Morgan fingerprint density at radius 1 is 1.45 bits per heavy atom. The van der Waals surface area contributed by atoms with Crippen molar-refractivity contribution in [2.75, 3.05) is 0 Å². The Morgan fingerprint density at radius 2 is 2.27 bits per heavy atom. The summed E-state index contributed by atoms with van der Waals surface area (Å²) >= 11 is 0. The van der Waals surface area contributed by atoms with Crippen molar-refractivity contribution >= 4 is 19.1 Å². The molecule has 2 aromatic heterocycles. The molecule has 2 rings (SSSR count). The molecule has 0 atom stereocenters. The Kier molecular flexibility index (Phi) is 1.25. The predicted molar refractivity (Wildman–Crippen MR) is 45.3 cm³/mol. The number of pyridine rings is 1. The topological polar surface area (TPSA) is 17.3 Å². The van der Waals surface area contributed by atoms with Crippen molar-refractivity contribution in [1.82, 2.24) is 9.38 Å². The lowest BCUT2D eigenvalue weighted by Crippen LogP contribution is -2.10. The molecule has 0 aliphatic carbocycles. The number of nitrogens with zero attached hydrogens (tertiary/aromatic N) is 2. The van der Waals surface area contributed by atoms with Crippen LogP contribution in [-0.2, 0) is 0 Å². The Bertz CT molecular complexity index is 392. The summed E-state index contributed by atoms with van der Waals surface area (Å²) in [6.07, 6.45) is 1.67. The minimum atomic E-state index is 0.693. The van der Waals surface area contributed by atoms with E-state index in [4.69, 9.17) is 7.85 Å². The fourth-order valence-electron chi connectivity index (χ4n) is 1.23. The lowest BCUT2D eigenvalue weighted by molar-refractivity contribution is 1.12. The first-order valence-electron chi connectivity index (χ1n) is 3.47. The molecule has 11 heavy (non-hydrogen) atoms. The summed E-state index contributed by atoms with van der Waals surface area (Å²) in [5.74, 6) is 0. The third-order valence-corrected chi connectivity index (χ3v) is 1.75. The average Bonchev–Trinajstić information content (AvgIpc) is 2.34. The van der Waals surface area contributed by atoms with Gasteiger partial charge >= 0.3 is 0 Å². The quantitative estimate of drug-likeness (QED) is 0.487. The molecule has 0 saturated carbocycles. The van der Waals surface area contributed by atoms with Crippen molar-refractivity contribution in [3.05, 3.63) is 30.1 Å². The van der Waals surface area contributed by atoms with Gasteiger partial charge in [0.1, 0.15) is 13.5 Å². The van der Waals surface area contributed by atoms with Gasteiger partial charge in [0, 0.05) is 11.9 Å². The van der Waals surface area contributed by atoms with E-state index >= 15 is 0 Å². The highest BCUT2D eigenvalue weighted by atomic mass is 15.0. The van der Waals surface area contributed by atoms with Gasteiger partial charge in [0.05, 0.1) is 0 Å². The van der Waals surface area contributed by atoms with E-state index in [0.717, 1.165) is 11.3 Å². The number of fused-ring (bicyclic) bond motifs is 1. The van der Waals surface area contributed by atoms with E-state index in [1.807, 2.05) is 29.5 Å². The molecule has 0 spiro atoms. The van der Waals surface area contributed by atoms with Crippen LogP contribution in [0.15, 0.2) is 24.4 Å². The zero-order valence-electron chi connectivity index (χ0n) is 6.28. The fraction of sp³-hybridized carbons (Fsp3) is 0.125. The molecule has 2 aromatic rings. The first kappa shape index (κ1) is 6.46. The van der Waals surface area contributed by atoms with E-state index in [1.165, 1.54) is 0 Å². The van der Waals surface area contributed by atoms with Crippen molar-refractivity contribution in [2.45, 2.75) is 6.92 Å². The van der Waals surface area contributed by atoms with Gasteiger partial charge in [-0.3, -0.25) is 0 Å². The number of hydrogen-bond donors (Lipinski definition) is 0. The van der Waals surface area contributed by atoms with E-state index in [2.05, 4.69) is 4.98 Å². The van der Waals surface area contributed by atoms with Gasteiger partial charge in [0.25, 0.3) is 0 Å². The summed E-state index contributed by atoms with van der Waals surface area (Å²) in [7, 11) is 5.68. The second kappa shape index (κ2) is 2.12. The molecule has 0 aromatic carbocycles. The van der Waals surface area contributed by atoms with Crippen molar-refractivity contribution in [3.8, 4) is 0 Å². The Morgan fingerprint density at radius 3 is 3.00 bits per heavy atom. The lowest BCUT2D eigenvalue weighted by atomic mass is 10.1. The molecule has 0 aliphatic rings. The summed E-state index contributed by atoms with van der Waals surface area (Å²) in [4.78, 5) is 4.12. The highest BCUT2D eigenvalue weighted by Crippen LogP contribution is 2.01. The minimum absolute atomic E-state index is 0.693. The van der Waals surface area contributed by atoms with Gasteiger partial charge < -0.3 is 4.40 Å². The molecule has 0 N–H and O–H groups in total. The van der Waals surface area contributed by atoms with Crippen molar-refractivity contribution in [3.63, 3.8) is 0 Å². The largest absolute Gasteiger partial charge is 0.312 e. The van der Waals surface area contributed by atoms with Crippen LogP contribution < -0.4 is 5.59 Å². The number of imidazole rings is 1. The van der Waals surface area contributed by atoms with Crippen LogP contribution in [0.5, 0.6) is 0 Å². The smallest absolute Gasteiger partial charge is 0.141 e. The maximum atomic E-state index is 5.68. The summed E-state index contributed by atoms with van der Waals surface area (Å²) < 4.78 is 1.92. The maximum absolute atomic E-state index is 5.68. The van der Waals surface area contributed by atoms with Crippen LogP contribution >= 0.6 is 0 Å². The van der Waals surface area contributed by atoms with Crippen LogP contribution in [0.3, 0.4) is 0 Å². The SMILES string of the molecule is [B]c1cnc2cccc(C)n12. The maximum Gasteiger partial charge on any atom is 0.141 e.